The van der Waals surface area contributed by atoms with E-state index in [0.717, 1.165) is 30.4 Å². The minimum absolute atomic E-state index is 0.0251. The molecule has 9 heteroatoms. The van der Waals surface area contributed by atoms with Crippen LogP contribution in [0.25, 0.3) is 0 Å². The summed E-state index contributed by atoms with van der Waals surface area (Å²) in [6.07, 6.45) is 4.39. The summed E-state index contributed by atoms with van der Waals surface area (Å²) < 4.78 is 0. The van der Waals surface area contributed by atoms with E-state index in [4.69, 9.17) is 9.94 Å². The van der Waals surface area contributed by atoms with Crippen molar-refractivity contribution in [3.8, 4) is 0 Å². The number of nitrogens with one attached hydrogen (secondary N) is 3. The van der Waals surface area contributed by atoms with Crippen molar-refractivity contribution in [3.05, 3.63) is 35.4 Å². The standard InChI is InChI=1S/C21H32N4O5/c1-16-6-9-18(10-7-16)14-24-30-15-19(26)22-12-4-3-5-13-23-21(29)25-17(2)8-11-20(27)28/h6-7,9-10,14,17H,3-5,8,11-13,15H2,1-2H3,(H,22,26)(H,27,28)(H2,23,25,29). The Morgan fingerprint density at radius 3 is 2.43 bits per heavy atom. The molecule has 1 atom stereocenters. The van der Waals surface area contributed by atoms with Crippen LogP contribution in [-0.2, 0) is 14.4 Å². The summed E-state index contributed by atoms with van der Waals surface area (Å²) in [6, 6.07) is 7.28. The number of aliphatic carboxylic acids is 1. The molecule has 0 radical (unpaired) electrons. The van der Waals surface area contributed by atoms with E-state index in [1.165, 1.54) is 0 Å². The molecule has 0 saturated heterocycles. The lowest BCUT2D eigenvalue weighted by Crippen LogP contribution is -2.41. The second kappa shape index (κ2) is 14.8. The number of rotatable bonds is 14. The lowest BCUT2D eigenvalue weighted by Gasteiger charge is -2.13. The highest BCUT2D eigenvalue weighted by Gasteiger charge is 2.08. The van der Waals surface area contributed by atoms with Gasteiger partial charge in [-0.05, 0) is 45.1 Å². The largest absolute Gasteiger partial charge is 0.481 e. The molecule has 0 spiro atoms. The van der Waals surface area contributed by atoms with Gasteiger partial charge in [-0.1, -0.05) is 35.0 Å². The average Bonchev–Trinajstić information content (AvgIpc) is 2.70. The van der Waals surface area contributed by atoms with Gasteiger partial charge in [0.1, 0.15) is 0 Å². The third kappa shape index (κ3) is 13.1. The van der Waals surface area contributed by atoms with Crippen molar-refractivity contribution in [1.29, 1.82) is 0 Å². The van der Waals surface area contributed by atoms with Crippen molar-refractivity contribution in [3.63, 3.8) is 0 Å². The molecule has 1 rings (SSSR count). The molecule has 9 nitrogen and oxygen atoms in total. The molecular formula is C21H32N4O5. The van der Waals surface area contributed by atoms with E-state index in [9.17, 15) is 14.4 Å². The number of carboxylic acid groups (broad SMARTS) is 1. The Kier molecular flexibility index (Phi) is 12.3. The predicted octanol–water partition coefficient (Wildman–Crippen LogP) is 2.18. The molecule has 3 amide bonds. The van der Waals surface area contributed by atoms with Crippen LogP contribution >= 0.6 is 0 Å². The van der Waals surface area contributed by atoms with Crippen LogP contribution < -0.4 is 16.0 Å². The van der Waals surface area contributed by atoms with Crippen molar-refractivity contribution in [2.24, 2.45) is 5.16 Å². The zero-order chi connectivity index (χ0) is 22.2. The third-order valence-corrected chi connectivity index (χ3v) is 4.18. The molecule has 1 unspecified atom stereocenters. The number of unbranched alkanes of at least 4 members (excludes halogenated alkanes) is 2. The number of amides is 3. The zero-order valence-corrected chi connectivity index (χ0v) is 17.6. The first-order valence-corrected chi connectivity index (χ1v) is 10.1. The maximum Gasteiger partial charge on any atom is 0.314 e. The monoisotopic (exact) mass is 420 g/mol. The molecule has 1 aromatic carbocycles. The van der Waals surface area contributed by atoms with E-state index in [-0.39, 0.29) is 31.0 Å². The van der Waals surface area contributed by atoms with Gasteiger partial charge in [0.25, 0.3) is 5.91 Å². The lowest BCUT2D eigenvalue weighted by atomic mass is 10.2. The fourth-order valence-corrected chi connectivity index (χ4v) is 2.44. The number of nitrogens with zero attached hydrogens (tertiary/aromatic N) is 1. The Balaban J connectivity index is 1.98. The summed E-state index contributed by atoms with van der Waals surface area (Å²) in [5, 5.41) is 20.6. The zero-order valence-electron chi connectivity index (χ0n) is 17.6. The molecule has 0 fully saturated rings. The first kappa shape index (κ1) is 24.9. The molecule has 0 saturated carbocycles. The van der Waals surface area contributed by atoms with Gasteiger partial charge in [-0.25, -0.2) is 4.79 Å². The Labute approximate surface area is 177 Å². The average molecular weight is 421 g/mol. The lowest BCUT2D eigenvalue weighted by molar-refractivity contribution is -0.137. The summed E-state index contributed by atoms with van der Waals surface area (Å²) in [6.45, 7) is 4.68. The number of hydrogen-bond donors (Lipinski definition) is 4. The van der Waals surface area contributed by atoms with Crippen LogP contribution in [0.3, 0.4) is 0 Å². The fourth-order valence-electron chi connectivity index (χ4n) is 2.44. The number of oxime groups is 1. The minimum Gasteiger partial charge on any atom is -0.481 e. The van der Waals surface area contributed by atoms with Crippen molar-refractivity contribution in [2.75, 3.05) is 19.7 Å². The van der Waals surface area contributed by atoms with Crippen LogP contribution in [0.1, 0.15) is 50.2 Å². The van der Waals surface area contributed by atoms with Crippen molar-refractivity contribution >= 4 is 24.1 Å². The van der Waals surface area contributed by atoms with Gasteiger partial charge in [-0.2, -0.15) is 0 Å². The predicted molar refractivity (Wildman–Crippen MR) is 114 cm³/mol. The van der Waals surface area contributed by atoms with Gasteiger partial charge in [0.05, 0.1) is 6.21 Å². The number of hydrogen-bond acceptors (Lipinski definition) is 5. The van der Waals surface area contributed by atoms with Gasteiger partial charge in [0, 0.05) is 25.6 Å². The smallest absolute Gasteiger partial charge is 0.314 e. The van der Waals surface area contributed by atoms with Crippen molar-refractivity contribution in [2.45, 2.75) is 52.0 Å². The highest BCUT2D eigenvalue weighted by molar-refractivity contribution is 5.79. The highest BCUT2D eigenvalue weighted by Crippen LogP contribution is 2.00. The van der Waals surface area contributed by atoms with Gasteiger partial charge in [0.15, 0.2) is 6.61 Å². The SMILES string of the molecule is Cc1ccc(C=NOCC(=O)NCCCCCNC(=O)NC(C)CCC(=O)O)cc1. The van der Waals surface area contributed by atoms with E-state index in [1.807, 2.05) is 31.2 Å². The summed E-state index contributed by atoms with van der Waals surface area (Å²) >= 11 is 0. The molecular weight excluding hydrogens is 388 g/mol. The Hall–Kier alpha value is -3.10. The van der Waals surface area contributed by atoms with Crippen molar-refractivity contribution < 1.29 is 24.3 Å². The number of carboxylic acids is 1. The van der Waals surface area contributed by atoms with E-state index in [2.05, 4.69) is 21.1 Å². The van der Waals surface area contributed by atoms with Crippen LogP contribution in [0.2, 0.25) is 0 Å². The maximum absolute atomic E-state index is 11.7. The van der Waals surface area contributed by atoms with E-state index < -0.39 is 5.97 Å². The number of urea groups is 1. The topological polar surface area (TPSA) is 129 Å². The summed E-state index contributed by atoms with van der Waals surface area (Å²) in [5.74, 6) is -1.11. The summed E-state index contributed by atoms with van der Waals surface area (Å²) in [4.78, 5) is 38.8. The Bertz CT molecular complexity index is 691. The Morgan fingerprint density at radius 1 is 1.10 bits per heavy atom. The normalized spacial score (nSPS) is 11.7. The molecule has 30 heavy (non-hydrogen) atoms. The van der Waals surface area contributed by atoms with Gasteiger partial charge < -0.3 is 25.9 Å². The molecule has 0 aliphatic carbocycles. The molecule has 0 aromatic heterocycles. The molecule has 1 aromatic rings. The second-order valence-electron chi connectivity index (χ2n) is 7.06. The second-order valence-corrected chi connectivity index (χ2v) is 7.06. The van der Waals surface area contributed by atoms with Crippen LogP contribution in [0.4, 0.5) is 4.79 Å². The van der Waals surface area contributed by atoms with Gasteiger partial charge in [0.2, 0.25) is 0 Å². The molecule has 0 aliphatic rings. The van der Waals surface area contributed by atoms with Crippen molar-refractivity contribution in [1.82, 2.24) is 16.0 Å². The fraction of sp³-hybridized carbons (Fsp3) is 0.524. The quantitative estimate of drug-likeness (QED) is 0.208. The number of carbonyl (C=O) groups excluding carboxylic acids is 2. The first-order valence-electron chi connectivity index (χ1n) is 10.1. The number of benzene rings is 1. The Morgan fingerprint density at radius 2 is 1.77 bits per heavy atom. The van der Waals surface area contributed by atoms with E-state index in [0.29, 0.717) is 19.5 Å². The third-order valence-electron chi connectivity index (χ3n) is 4.18. The van der Waals surface area contributed by atoms with E-state index in [1.54, 1.807) is 13.1 Å². The maximum atomic E-state index is 11.7. The number of carbonyl (C=O) groups is 3. The molecule has 0 heterocycles. The molecule has 0 aliphatic heterocycles. The summed E-state index contributed by atoms with van der Waals surface area (Å²) in [5.41, 5.74) is 2.06. The molecule has 166 valence electrons. The van der Waals surface area contributed by atoms with Crippen LogP contribution in [0.5, 0.6) is 0 Å². The molecule has 4 N–H and O–H groups in total. The summed E-state index contributed by atoms with van der Waals surface area (Å²) in [7, 11) is 0. The molecule has 0 bridgehead atoms. The van der Waals surface area contributed by atoms with Gasteiger partial charge >= 0.3 is 12.0 Å². The minimum atomic E-state index is -0.877. The van der Waals surface area contributed by atoms with Gasteiger partial charge in [-0.3, -0.25) is 9.59 Å². The van der Waals surface area contributed by atoms with Crippen LogP contribution in [0.15, 0.2) is 29.4 Å². The van der Waals surface area contributed by atoms with Crippen LogP contribution in [0, 0.1) is 6.92 Å². The first-order chi connectivity index (χ1) is 14.4. The highest BCUT2D eigenvalue weighted by atomic mass is 16.6. The van der Waals surface area contributed by atoms with Crippen LogP contribution in [-0.4, -0.2) is 55.0 Å². The van der Waals surface area contributed by atoms with E-state index >= 15 is 0 Å². The van der Waals surface area contributed by atoms with Gasteiger partial charge in [-0.15, -0.1) is 0 Å². The number of aryl methyl sites for hydroxylation is 1.